The largest absolute Gasteiger partial charge is 0.514 e. The number of hydrogen-bond donors (Lipinski definition) is 1. The zero-order valence-corrected chi connectivity index (χ0v) is 21.5. The van der Waals surface area contributed by atoms with E-state index in [-0.39, 0.29) is 17.2 Å². The highest BCUT2D eigenvalue weighted by atomic mass is 28.4. The van der Waals surface area contributed by atoms with E-state index in [9.17, 15) is 15.2 Å². The topological polar surface area (TPSA) is 101 Å². The molecule has 0 aromatic rings. The van der Waals surface area contributed by atoms with E-state index in [0.29, 0.717) is 0 Å². The van der Waals surface area contributed by atoms with E-state index in [1.165, 1.54) is 4.90 Å². The van der Waals surface area contributed by atoms with Crippen LogP contribution in [0, 0.1) is 11.3 Å². The number of nitriles is 1. The van der Waals surface area contributed by atoms with Crippen molar-refractivity contribution in [1.82, 2.24) is 4.90 Å². The maximum absolute atomic E-state index is 13.3. The fourth-order valence-electron chi connectivity index (χ4n) is 3.63. The van der Waals surface area contributed by atoms with Crippen molar-refractivity contribution in [3.63, 3.8) is 0 Å². The SMILES string of the molecule is CC(C)(C)OC(=O)N1[C@H](CO[Si](C)(C)C(C)(C)C)[C@H]2OC(C)(C)O[C@H]2[C@@H]1/C(C#N)=C\O. The lowest BCUT2D eigenvalue weighted by molar-refractivity contribution is -0.166. The smallest absolute Gasteiger partial charge is 0.411 e. The molecule has 176 valence electrons. The van der Waals surface area contributed by atoms with Crippen molar-refractivity contribution in [3.05, 3.63) is 11.8 Å². The molecule has 2 heterocycles. The molecule has 0 bridgehead atoms. The molecule has 2 saturated heterocycles. The third-order valence-corrected chi connectivity index (χ3v) is 10.6. The lowest BCUT2D eigenvalue weighted by Gasteiger charge is -2.39. The molecule has 31 heavy (non-hydrogen) atoms. The predicted octanol–water partition coefficient (Wildman–Crippen LogP) is 4.48. The van der Waals surface area contributed by atoms with Gasteiger partial charge in [-0.25, -0.2) is 4.79 Å². The van der Waals surface area contributed by atoms with Crippen molar-refractivity contribution < 1.29 is 28.5 Å². The second-order valence-corrected chi connectivity index (χ2v) is 16.0. The van der Waals surface area contributed by atoms with Crippen LogP contribution in [0.2, 0.25) is 18.1 Å². The Morgan fingerprint density at radius 3 is 2.19 bits per heavy atom. The number of ether oxygens (including phenoxy) is 3. The monoisotopic (exact) mass is 454 g/mol. The number of rotatable bonds is 4. The van der Waals surface area contributed by atoms with E-state index < -0.39 is 50.1 Å². The van der Waals surface area contributed by atoms with Crippen LogP contribution in [0.4, 0.5) is 4.79 Å². The summed E-state index contributed by atoms with van der Waals surface area (Å²) in [5.41, 5.74) is -0.724. The van der Waals surface area contributed by atoms with Gasteiger partial charge in [0, 0.05) is 0 Å². The van der Waals surface area contributed by atoms with Gasteiger partial charge >= 0.3 is 6.09 Å². The van der Waals surface area contributed by atoms with Crippen molar-refractivity contribution in [2.45, 2.75) is 109 Å². The van der Waals surface area contributed by atoms with Crippen LogP contribution >= 0.6 is 0 Å². The zero-order chi connectivity index (χ0) is 24.0. The first-order valence-electron chi connectivity index (χ1n) is 10.7. The van der Waals surface area contributed by atoms with Crippen molar-refractivity contribution in [3.8, 4) is 6.07 Å². The van der Waals surface area contributed by atoms with Crippen LogP contribution < -0.4 is 0 Å². The minimum Gasteiger partial charge on any atom is -0.514 e. The average Bonchev–Trinajstić information content (AvgIpc) is 3.03. The van der Waals surface area contributed by atoms with Crippen molar-refractivity contribution in [2.75, 3.05) is 6.61 Å². The molecule has 2 fully saturated rings. The van der Waals surface area contributed by atoms with Crippen LogP contribution in [-0.4, -0.2) is 66.7 Å². The highest BCUT2D eigenvalue weighted by Crippen LogP contribution is 2.44. The van der Waals surface area contributed by atoms with Gasteiger partial charge in [-0.3, -0.25) is 4.90 Å². The standard InChI is InChI=1S/C22H38N2O6Si/c1-20(2,3)30-19(26)24-15(13-27-31(9,10)21(4,5)6)17-18(29-22(7,8)28-17)16(24)14(11-23)12-25/h12,15-18,25H,13H2,1-10H3/b14-12-/t15-,16+,17-,18+/m1/s1. The number of carbonyl (C=O) groups is 1. The normalized spacial score (nSPS) is 28.9. The number of fused-ring (bicyclic) bond motifs is 1. The predicted molar refractivity (Wildman–Crippen MR) is 119 cm³/mol. The maximum atomic E-state index is 13.3. The number of aliphatic hydroxyl groups excluding tert-OH is 1. The molecule has 0 aliphatic carbocycles. The van der Waals surface area contributed by atoms with Crippen molar-refractivity contribution in [2.24, 2.45) is 0 Å². The lowest BCUT2D eigenvalue weighted by Crippen LogP contribution is -2.52. The summed E-state index contributed by atoms with van der Waals surface area (Å²) in [5, 5.41) is 19.4. The fraction of sp³-hybridized carbons (Fsp3) is 0.818. The molecule has 4 atom stereocenters. The number of amides is 1. The number of aliphatic hydroxyl groups is 1. The third kappa shape index (κ3) is 5.42. The molecule has 9 heteroatoms. The van der Waals surface area contributed by atoms with Gasteiger partial charge in [-0.2, -0.15) is 5.26 Å². The van der Waals surface area contributed by atoms with Gasteiger partial charge in [0.15, 0.2) is 14.1 Å². The van der Waals surface area contributed by atoms with Crippen molar-refractivity contribution in [1.29, 1.82) is 5.26 Å². The number of carbonyl (C=O) groups excluding carboxylic acids is 1. The summed E-state index contributed by atoms with van der Waals surface area (Å²) in [4.78, 5) is 14.7. The van der Waals surface area contributed by atoms with Gasteiger partial charge in [0.25, 0.3) is 0 Å². The summed E-state index contributed by atoms with van der Waals surface area (Å²) in [6.07, 6.45) is -1.03. The van der Waals surface area contributed by atoms with Gasteiger partial charge < -0.3 is 23.7 Å². The molecule has 2 aliphatic heterocycles. The molecule has 0 aromatic heterocycles. The summed E-state index contributed by atoms with van der Waals surface area (Å²) >= 11 is 0. The maximum Gasteiger partial charge on any atom is 0.411 e. The second-order valence-electron chi connectivity index (χ2n) is 11.2. The van der Waals surface area contributed by atoms with E-state index in [2.05, 4.69) is 33.9 Å². The Hall–Kier alpha value is -1.60. The molecular weight excluding hydrogens is 416 g/mol. The Morgan fingerprint density at radius 2 is 1.74 bits per heavy atom. The summed E-state index contributed by atoms with van der Waals surface area (Å²) in [5.74, 6) is -0.890. The molecule has 2 rings (SSSR count). The van der Waals surface area contributed by atoms with Gasteiger partial charge in [-0.1, -0.05) is 20.8 Å². The molecule has 1 amide bonds. The number of nitrogens with zero attached hydrogens (tertiary/aromatic N) is 2. The van der Waals surface area contributed by atoms with Gasteiger partial charge in [-0.15, -0.1) is 0 Å². The molecule has 0 radical (unpaired) electrons. The van der Waals surface area contributed by atoms with E-state index in [1.54, 1.807) is 34.6 Å². The molecule has 0 saturated carbocycles. The third-order valence-electron chi connectivity index (χ3n) is 6.12. The lowest BCUT2D eigenvalue weighted by atomic mass is 10.0. The van der Waals surface area contributed by atoms with Crippen LogP contribution in [0.3, 0.4) is 0 Å². The molecule has 2 aliphatic rings. The summed E-state index contributed by atoms with van der Waals surface area (Å²) in [7, 11) is -2.13. The Kier molecular flexibility index (Phi) is 6.95. The highest BCUT2D eigenvalue weighted by molar-refractivity contribution is 6.74. The van der Waals surface area contributed by atoms with Gasteiger partial charge in [0.05, 0.1) is 24.5 Å². The molecule has 0 unspecified atom stereocenters. The van der Waals surface area contributed by atoms with Gasteiger partial charge in [0.1, 0.15) is 29.9 Å². The second kappa shape index (κ2) is 8.39. The molecule has 8 nitrogen and oxygen atoms in total. The molecule has 0 spiro atoms. The first-order chi connectivity index (χ1) is 13.9. The first kappa shape index (κ1) is 25.7. The zero-order valence-electron chi connectivity index (χ0n) is 20.5. The minimum absolute atomic E-state index is 0.0111. The van der Waals surface area contributed by atoms with E-state index >= 15 is 0 Å². The van der Waals surface area contributed by atoms with Gasteiger partial charge in [0.2, 0.25) is 0 Å². The molecular formula is C22H38N2O6Si. The number of likely N-dealkylation sites (tertiary alicyclic amines) is 1. The highest BCUT2D eigenvalue weighted by Gasteiger charge is 2.61. The summed E-state index contributed by atoms with van der Waals surface area (Å²) in [6, 6.07) is 0.612. The van der Waals surface area contributed by atoms with E-state index in [1.807, 2.05) is 6.07 Å². The minimum atomic E-state index is -2.13. The van der Waals surface area contributed by atoms with Crippen LogP contribution in [0.1, 0.15) is 55.4 Å². The Bertz CT molecular complexity index is 759. The van der Waals surface area contributed by atoms with Crippen LogP contribution in [0.15, 0.2) is 11.8 Å². The Balaban J connectivity index is 2.48. The number of hydrogen-bond acceptors (Lipinski definition) is 7. The quantitative estimate of drug-likeness (QED) is 0.379. The van der Waals surface area contributed by atoms with Crippen LogP contribution in [0.25, 0.3) is 0 Å². The summed E-state index contributed by atoms with van der Waals surface area (Å²) in [6.45, 7) is 19.9. The molecule has 1 N–H and O–H groups in total. The van der Waals surface area contributed by atoms with Crippen LogP contribution in [-0.2, 0) is 18.6 Å². The molecule has 0 aromatic carbocycles. The van der Waals surface area contributed by atoms with E-state index in [0.717, 1.165) is 6.26 Å². The Morgan fingerprint density at radius 1 is 1.19 bits per heavy atom. The van der Waals surface area contributed by atoms with Gasteiger partial charge in [-0.05, 0) is 52.8 Å². The average molecular weight is 455 g/mol. The Labute approximate surface area is 187 Å². The summed E-state index contributed by atoms with van der Waals surface area (Å²) < 4.78 is 24.4. The fourth-order valence-corrected chi connectivity index (χ4v) is 4.65. The first-order valence-corrected chi connectivity index (χ1v) is 13.6. The van der Waals surface area contributed by atoms with E-state index in [4.69, 9.17) is 18.6 Å². The van der Waals surface area contributed by atoms with Crippen molar-refractivity contribution >= 4 is 14.4 Å². The van der Waals surface area contributed by atoms with Crippen LogP contribution in [0.5, 0.6) is 0 Å².